The number of hydrogen-bond donors (Lipinski definition) is 1. The molecule has 27 heavy (non-hydrogen) atoms. The summed E-state index contributed by atoms with van der Waals surface area (Å²) in [4.78, 5) is 0. The largest absolute Gasteiger partial charge is 0.398 e. The van der Waals surface area contributed by atoms with Gasteiger partial charge in [0.2, 0.25) is 0 Å². The van der Waals surface area contributed by atoms with Crippen molar-refractivity contribution in [2.45, 2.75) is 124 Å². The first-order valence-electron chi connectivity index (χ1n) is 11.4. The van der Waals surface area contributed by atoms with Crippen LogP contribution >= 0.6 is 12.4 Å². The standard InChI is InChI=1S/C25H45N.ClH/c1-5-6-7-8-9-10-11-12-13-14-15-16-17-18-19-24-20-25(26)23(4)21(2)22(24)3;/h20H,5-19,26H2,1-4H3;1H. The van der Waals surface area contributed by atoms with E-state index in [-0.39, 0.29) is 12.4 Å². The molecule has 0 unspecified atom stereocenters. The summed E-state index contributed by atoms with van der Waals surface area (Å²) in [5.41, 5.74) is 12.7. The van der Waals surface area contributed by atoms with Crippen LogP contribution in [0.1, 0.15) is 119 Å². The molecule has 0 aliphatic heterocycles. The molecule has 1 aromatic carbocycles. The van der Waals surface area contributed by atoms with Gasteiger partial charge in [-0.1, -0.05) is 90.4 Å². The Bertz CT molecular complexity index is 496. The summed E-state index contributed by atoms with van der Waals surface area (Å²) in [5.74, 6) is 0. The van der Waals surface area contributed by atoms with E-state index in [1.807, 2.05) is 0 Å². The normalized spacial score (nSPS) is 10.8. The van der Waals surface area contributed by atoms with Gasteiger partial charge in [0.05, 0.1) is 0 Å². The second-order valence-corrected chi connectivity index (χ2v) is 8.35. The second-order valence-electron chi connectivity index (χ2n) is 8.35. The van der Waals surface area contributed by atoms with Crippen LogP contribution in [-0.2, 0) is 6.42 Å². The molecule has 1 nitrogen and oxygen atoms in total. The molecular formula is C25H46ClN. The minimum Gasteiger partial charge on any atom is -0.398 e. The third kappa shape index (κ3) is 11.0. The van der Waals surface area contributed by atoms with Gasteiger partial charge in [-0.2, -0.15) is 0 Å². The summed E-state index contributed by atoms with van der Waals surface area (Å²) in [6.45, 7) is 8.88. The molecule has 0 heterocycles. The number of nitrogens with two attached hydrogens (primary N) is 1. The summed E-state index contributed by atoms with van der Waals surface area (Å²) in [6, 6.07) is 2.21. The molecule has 0 spiro atoms. The van der Waals surface area contributed by atoms with E-state index in [2.05, 4.69) is 33.8 Å². The quantitative estimate of drug-likeness (QED) is 0.233. The minimum atomic E-state index is 0. The van der Waals surface area contributed by atoms with E-state index in [1.54, 1.807) is 0 Å². The Morgan fingerprint density at radius 1 is 0.593 bits per heavy atom. The number of aryl methyl sites for hydroxylation is 1. The Hall–Kier alpha value is -0.690. The molecule has 0 aliphatic carbocycles. The Balaban J connectivity index is 0.00000676. The zero-order valence-electron chi connectivity index (χ0n) is 18.7. The van der Waals surface area contributed by atoms with Gasteiger partial charge in [0.1, 0.15) is 0 Å². The molecular weight excluding hydrogens is 350 g/mol. The summed E-state index contributed by atoms with van der Waals surface area (Å²) in [5, 5.41) is 0. The van der Waals surface area contributed by atoms with Crippen LogP contribution in [0.25, 0.3) is 0 Å². The van der Waals surface area contributed by atoms with Gasteiger partial charge in [-0.15, -0.1) is 12.4 Å². The van der Waals surface area contributed by atoms with Crippen LogP contribution < -0.4 is 5.73 Å². The van der Waals surface area contributed by atoms with Gasteiger partial charge in [-0.25, -0.2) is 0 Å². The van der Waals surface area contributed by atoms with Crippen molar-refractivity contribution in [3.8, 4) is 0 Å². The molecule has 0 bridgehead atoms. The molecule has 0 saturated heterocycles. The van der Waals surface area contributed by atoms with Crippen LogP contribution in [0.5, 0.6) is 0 Å². The van der Waals surface area contributed by atoms with Gasteiger partial charge in [-0.3, -0.25) is 0 Å². The van der Waals surface area contributed by atoms with Gasteiger partial charge in [0.25, 0.3) is 0 Å². The molecule has 0 aliphatic rings. The lowest BCUT2D eigenvalue weighted by molar-refractivity contribution is 0.535. The maximum atomic E-state index is 6.14. The highest BCUT2D eigenvalue weighted by Gasteiger charge is 2.07. The van der Waals surface area contributed by atoms with Crippen molar-refractivity contribution in [2.24, 2.45) is 0 Å². The molecule has 2 N–H and O–H groups in total. The van der Waals surface area contributed by atoms with Crippen molar-refractivity contribution in [2.75, 3.05) is 5.73 Å². The fraction of sp³-hybridized carbons (Fsp3) is 0.760. The molecule has 0 fully saturated rings. The summed E-state index contributed by atoms with van der Waals surface area (Å²) >= 11 is 0. The van der Waals surface area contributed by atoms with E-state index in [9.17, 15) is 0 Å². The third-order valence-corrected chi connectivity index (χ3v) is 6.17. The van der Waals surface area contributed by atoms with Gasteiger partial charge < -0.3 is 5.73 Å². The van der Waals surface area contributed by atoms with Gasteiger partial charge in [-0.05, 0) is 61.9 Å². The van der Waals surface area contributed by atoms with Gasteiger partial charge >= 0.3 is 0 Å². The molecule has 0 saturated carbocycles. The molecule has 0 amide bonds. The van der Waals surface area contributed by atoms with Crippen molar-refractivity contribution in [1.29, 1.82) is 0 Å². The lowest BCUT2D eigenvalue weighted by Crippen LogP contribution is -2.00. The van der Waals surface area contributed by atoms with Crippen LogP contribution in [0.2, 0.25) is 0 Å². The third-order valence-electron chi connectivity index (χ3n) is 6.17. The lowest BCUT2D eigenvalue weighted by atomic mass is 9.94. The Morgan fingerprint density at radius 2 is 1.00 bits per heavy atom. The van der Waals surface area contributed by atoms with E-state index < -0.39 is 0 Å². The number of benzene rings is 1. The number of rotatable bonds is 15. The monoisotopic (exact) mass is 395 g/mol. The molecule has 1 aromatic rings. The van der Waals surface area contributed by atoms with Crippen LogP contribution in [0, 0.1) is 20.8 Å². The number of hydrogen-bond acceptors (Lipinski definition) is 1. The van der Waals surface area contributed by atoms with Crippen LogP contribution in [0.15, 0.2) is 6.07 Å². The molecule has 2 heteroatoms. The fourth-order valence-corrected chi connectivity index (χ4v) is 3.91. The highest BCUT2D eigenvalue weighted by Crippen LogP contribution is 2.25. The highest BCUT2D eigenvalue weighted by molar-refractivity contribution is 5.85. The molecule has 1 rings (SSSR count). The van der Waals surface area contributed by atoms with Crippen molar-refractivity contribution >= 4 is 18.1 Å². The smallest absolute Gasteiger partial charge is 0.0349 e. The molecule has 0 atom stereocenters. The average molecular weight is 396 g/mol. The van der Waals surface area contributed by atoms with E-state index >= 15 is 0 Å². The van der Waals surface area contributed by atoms with E-state index in [4.69, 9.17) is 5.73 Å². The fourth-order valence-electron chi connectivity index (χ4n) is 3.91. The maximum Gasteiger partial charge on any atom is 0.0349 e. The number of unbranched alkanes of at least 4 members (excludes halogenated alkanes) is 13. The van der Waals surface area contributed by atoms with Crippen LogP contribution in [-0.4, -0.2) is 0 Å². The minimum absolute atomic E-state index is 0. The van der Waals surface area contributed by atoms with Crippen LogP contribution in [0.3, 0.4) is 0 Å². The number of halogens is 1. The zero-order valence-corrected chi connectivity index (χ0v) is 19.5. The first kappa shape index (κ1) is 26.3. The molecule has 158 valence electrons. The van der Waals surface area contributed by atoms with Crippen molar-refractivity contribution in [1.82, 2.24) is 0 Å². The van der Waals surface area contributed by atoms with Crippen molar-refractivity contribution in [3.05, 3.63) is 28.3 Å². The molecule has 0 aromatic heterocycles. The first-order chi connectivity index (χ1) is 12.6. The SMILES string of the molecule is CCCCCCCCCCCCCCCCc1cc(N)c(C)c(C)c1C.Cl. The van der Waals surface area contributed by atoms with Gasteiger partial charge in [0, 0.05) is 5.69 Å². The lowest BCUT2D eigenvalue weighted by Gasteiger charge is -2.14. The molecule has 0 radical (unpaired) electrons. The van der Waals surface area contributed by atoms with E-state index in [1.165, 1.54) is 119 Å². The Morgan fingerprint density at radius 3 is 1.44 bits per heavy atom. The Kier molecular flexibility index (Phi) is 15.9. The van der Waals surface area contributed by atoms with Crippen molar-refractivity contribution < 1.29 is 0 Å². The first-order valence-corrected chi connectivity index (χ1v) is 11.4. The van der Waals surface area contributed by atoms with E-state index in [0.717, 1.165) is 5.69 Å². The van der Waals surface area contributed by atoms with Gasteiger partial charge in [0.15, 0.2) is 0 Å². The highest BCUT2D eigenvalue weighted by atomic mass is 35.5. The van der Waals surface area contributed by atoms with E-state index in [0.29, 0.717) is 0 Å². The summed E-state index contributed by atoms with van der Waals surface area (Å²) in [6.07, 6.45) is 21.1. The predicted octanol–water partition coefficient (Wildman–Crippen LogP) is 8.64. The van der Waals surface area contributed by atoms with Crippen LogP contribution in [0.4, 0.5) is 5.69 Å². The number of nitrogen functional groups attached to an aromatic ring is 1. The zero-order chi connectivity index (χ0) is 19.2. The maximum absolute atomic E-state index is 6.14. The predicted molar refractivity (Wildman–Crippen MR) is 126 cm³/mol. The summed E-state index contributed by atoms with van der Waals surface area (Å²) in [7, 11) is 0. The second kappa shape index (κ2) is 16.3. The number of anilines is 1. The summed E-state index contributed by atoms with van der Waals surface area (Å²) < 4.78 is 0. The van der Waals surface area contributed by atoms with Crippen molar-refractivity contribution in [3.63, 3.8) is 0 Å². The topological polar surface area (TPSA) is 26.0 Å². The Labute approximate surface area is 176 Å². The average Bonchev–Trinajstić information content (AvgIpc) is 2.64.